The van der Waals surface area contributed by atoms with Gasteiger partial charge in [0.25, 0.3) is 0 Å². The zero-order valence-corrected chi connectivity index (χ0v) is 17.6. The summed E-state index contributed by atoms with van der Waals surface area (Å²) >= 11 is 1.59. The largest absolute Gasteiger partial charge is 0.489 e. The van der Waals surface area contributed by atoms with Crippen LogP contribution in [0.5, 0.6) is 5.75 Å². The summed E-state index contributed by atoms with van der Waals surface area (Å²) in [6.45, 7) is 0.950. The van der Waals surface area contributed by atoms with E-state index in [9.17, 15) is 9.90 Å². The van der Waals surface area contributed by atoms with E-state index < -0.39 is 0 Å². The van der Waals surface area contributed by atoms with E-state index in [1.807, 2.05) is 47.2 Å². The van der Waals surface area contributed by atoms with Crippen molar-refractivity contribution in [1.82, 2.24) is 0 Å². The fourth-order valence-corrected chi connectivity index (χ4v) is 4.61. The van der Waals surface area contributed by atoms with Gasteiger partial charge in [-0.1, -0.05) is 18.2 Å². The van der Waals surface area contributed by atoms with Gasteiger partial charge in [0.2, 0.25) is 0 Å². The molecule has 1 N–H and O–H groups in total. The van der Waals surface area contributed by atoms with Crippen molar-refractivity contribution in [2.24, 2.45) is 0 Å². The number of benzene rings is 2. The van der Waals surface area contributed by atoms with E-state index in [-0.39, 0.29) is 17.8 Å². The molecule has 0 aliphatic carbocycles. The van der Waals surface area contributed by atoms with Gasteiger partial charge in [-0.3, -0.25) is 0 Å². The van der Waals surface area contributed by atoms with Gasteiger partial charge in [0.15, 0.2) is 0 Å². The summed E-state index contributed by atoms with van der Waals surface area (Å²) in [4.78, 5) is 12.1. The smallest absolute Gasteiger partial charge is 0.336 e. The minimum Gasteiger partial charge on any atom is -0.489 e. The normalized spacial score (nSPS) is 18.9. The summed E-state index contributed by atoms with van der Waals surface area (Å²) in [5.41, 5.74) is 4.04. The molecule has 2 aromatic carbocycles. The number of fused-ring (bicyclic) bond motifs is 1. The lowest BCUT2D eigenvalue weighted by atomic mass is 9.98. The van der Waals surface area contributed by atoms with Crippen LogP contribution in [-0.2, 0) is 11.3 Å². The predicted molar refractivity (Wildman–Crippen MR) is 121 cm³/mol. The lowest BCUT2D eigenvalue weighted by Gasteiger charge is -2.27. The third kappa shape index (κ3) is 4.42. The van der Waals surface area contributed by atoms with Crippen LogP contribution in [0, 0.1) is 0 Å². The highest BCUT2D eigenvalue weighted by Crippen LogP contribution is 2.32. The lowest BCUT2D eigenvalue weighted by Crippen LogP contribution is -2.23. The molecule has 5 nitrogen and oxygen atoms in total. The molecule has 1 saturated heterocycles. The van der Waals surface area contributed by atoms with Crippen molar-refractivity contribution < 1.29 is 19.0 Å². The van der Waals surface area contributed by atoms with E-state index in [4.69, 9.17) is 13.9 Å². The molecule has 158 valence electrons. The van der Waals surface area contributed by atoms with Crippen LogP contribution in [0.3, 0.4) is 0 Å². The third-order valence-corrected chi connectivity index (χ3v) is 6.22. The van der Waals surface area contributed by atoms with Gasteiger partial charge in [0, 0.05) is 36.1 Å². The highest BCUT2D eigenvalue weighted by Gasteiger charge is 2.22. The van der Waals surface area contributed by atoms with Crippen LogP contribution in [0.25, 0.3) is 22.1 Å². The van der Waals surface area contributed by atoms with Gasteiger partial charge in [-0.15, -0.1) is 0 Å². The molecule has 0 bridgehead atoms. The first-order valence-corrected chi connectivity index (χ1v) is 11.2. The van der Waals surface area contributed by atoms with Crippen molar-refractivity contribution in [3.05, 3.63) is 86.9 Å². The molecule has 0 amide bonds. The Bertz CT molecular complexity index is 1240. The number of hydrogen-bond donors (Lipinski definition) is 1. The summed E-state index contributed by atoms with van der Waals surface area (Å²) in [6, 6.07) is 17.1. The van der Waals surface area contributed by atoms with Gasteiger partial charge in [0.05, 0.1) is 12.2 Å². The second-order valence-electron chi connectivity index (χ2n) is 7.72. The molecule has 1 aliphatic rings. The Labute approximate surface area is 183 Å². The van der Waals surface area contributed by atoms with Crippen LogP contribution in [-0.4, -0.2) is 17.8 Å². The molecule has 3 heterocycles. The molecular weight excluding hydrogens is 412 g/mol. The number of hydrogen-bond acceptors (Lipinski definition) is 6. The molecule has 2 unspecified atom stereocenters. The molecule has 2 atom stereocenters. The molecule has 2 aromatic heterocycles. The maximum Gasteiger partial charge on any atom is 0.336 e. The average Bonchev–Trinajstić information content (AvgIpc) is 3.32. The quantitative estimate of drug-likeness (QED) is 0.431. The molecular formula is C25H22O5S. The van der Waals surface area contributed by atoms with E-state index in [2.05, 4.69) is 6.07 Å². The Morgan fingerprint density at radius 2 is 2.06 bits per heavy atom. The van der Waals surface area contributed by atoms with Crippen LogP contribution in [0.2, 0.25) is 0 Å². The SMILES string of the molecule is O=c1cc(-c2ccsc2)c2ccc(OCc3cccc(C4CC(O)CCO4)c3)cc2o1. The van der Waals surface area contributed by atoms with Gasteiger partial charge in [0.1, 0.15) is 17.9 Å². The van der Waals surface area contributed by atoms with Crippen molar-refractivity contribution in [1.29, 1.82) is 0 Å². The van der Waals surface area contributed by atoms with E-state index in [0.29, 0.717) is 37.4 Å². The topological polar surface area (TPSA) is 68.9 Å². The fraction of sp³-hybridized carbons (Fsp3) is 0.240. The molecule has 6 heteroatoms. The second kappa shape index (κ2) is 8.67. The van der Waals surface area contributed by atoms with Crippen LogP contribution in [0.15, 0.2) is 74.6 Å². The number of ether oxygens (including phenoxy) is 2. The first kappa shape index (κ1) is 20.0. The first-order valence-electron chi connectivity index (χ1n) is 10.3. The minimum absolute atomic E-state index is 0.0887. The van der Waals surface area contributed by atoms with Crippen LogP contribution in [0.4, 0.5) is 0 Å². The van der Waals surface area contributed by atoms with Crippen molar-refractivity contribution in [3.63, 3.8) is 0 Å². The highest BCUT2D eigenvalue weighted by atomic mass is 32.1. The molecule has 0 radical (unpaired) electrons. The van der Waals surface area contributed by atoms with E-state index in [1.165, 1.54) is 6.07 Å². The Kier molecular flexibility index (Phi) is 5.59. The minimum atomic E-state index is -0.381. The number of aliphatic hydroxyl groups is 1. The van der Waals surface area contributed by atoms with Crippen molar-refractivity contribution >= 4 is 22.3 Å². The van der Waals surface area contributed by atoms with Crippen LogP contribution in [0.1, 0.15) is 30.1 Å². The van der Waals surface area contributed by atoms with Crippen molar-refractivity contribution in [3.8, 4) is 16.9 Å². The Balaban J connectivity index is 1.36. The maximum atomic E-state index is 12.1. The van der Waals surface area contributed by atoms with Gasteiger partial charge in [-0.2, -0.15) is 11.3 Å². The standard InChI is InChI=1S/C25H22O5S/c26-19-6-8-28-23(11-19)17-3-1-2-16(10-17)14-29-20-4-5-21-22(18-7-9-31-15-18)13-25(27)30-24(21)12-20/h1-5,7,9-10,12-13,15,19,23,26H,6,8,11,14H2. The number of rotatable bonds is 5. The number of aliphatic hydroxyl groups excluding tert-OH is 1. The van der Waals surface area contributed by atoms with Crippen molar-refractivity contribution in [2.45, 2.75) is 31.7 Å². The lowest BCUT2D eigenvalue weighted by molar-refractivity contribution is -0.0448. The molecule has 1 aliphatic heterocycles. The van der Waals surface area contributed by atoms with E-state index >= 15 is 0 Å². The maximum absolute atomic E-state index is 12.1. The molecule has 1 fully saturated rings. The van der Waals surface area contributed by atoms with Gasteiger partial charge >= 0.3 is 5.63 Å². The average molecular weight is 435 g/mol. The van der Waals surface area contributed by atoms with E-state index in [1.54, 1.807) is 17.4 Å². The van der Waals surface area contributed by atoms with Gasteiger partial charge in [-0.25, -0.2) is 4.79 Å². The number of thiophene rings is 1. The Morgan fingerprint density at radius 1 is 1.13 bits per heavy atom. The molecule has 0 saturated carbocycles. The molecule has 4 aromatic rings. The zero-order chi connectivity index (χ0) is 21.2. The Morgan fingerprint density at radius 3 is 2.90 bits per heavy atom. The summed E-state index contributed by atoms with van der Waals surface area (Å²) in [5, 5.41) is 14.8. The summed E-state index contributed by atoms with van der Waals surface area (Å²) in [7, 11) is 0. The third-order valence-electron chi connectivity index (χ3n) is 5.53. The van der Waals surface area contributed by atoms with E-state index in [0.717, 1.165) is 27.6 Å². The summed E-state index contributed by atoms with van der Waals surface area (Å²) in [6.07, 6.45) is 0.894. The summed E-state index contributed by atoms with van der Waals surface area (Å²) in [5.74, 6) is 0.632. The molecule has 31 heavy (non-hydrogen) atoms. The van der Waals surface area contributed by atoms with Gasteiger partial charge in [-0.05, 0) is 58.1 Å². The first-order chi connectivity index (χ1) is 15.2. The molecule has 5 rings (SSSR count). The monoisotopic (exact) mass is 434 g/mol. The summed E-state index contributed by atoms with van der Waals surface area (Å²) < 4.78 is 17.2. The van der Waals surface area contributed by atoms with Crippen molar-refractivity contribution in [2.75, 3.05) is 6.61 Å². The zero-order valence-electron chi connectivity index (χ0n) is 16.8. The highest BCUT2D eigenvalue weighted by molar-refractivity contribution is 7.08. The predicted octanol–water partition coefficient (Wildman–Crippen LogP) is 5.31. The Hall–Kier alpha value is -2.93. The van der Waals surface area contributed by atoms with Gasteiger partial charge < -0.3 is 19.0 Å². The van der Waals surface area contributed by atoms with Crippen LogP contribution >= 0.6 is 11.3 Å². The molecule has 0 spiro atoms. The second-order valence-corrected chi connectivity index (χ2v) is 8.50. The fourth-order valence-electron chi connectivity index (χ4n) is 3.95. The van der Waals surface area contributed by atoms with Crippen LogP contribution < -0.4 is 10.4 Å².